The molecule has 3 rings (SSSR count). The van der Waals surface area contributed by atoms with Crippen molar-refractivity contribution in [1.29, 1.82) is 0 Å². The third kappa shape index (κ3) is 0.332. The summed E-state index contributed by atoms with van der Waals surface area (Å²) in [5.41, 5.74) is 4.16. The molecule has 3 aliphatic rings. The van der Waals surface area contributed by atoms with Gasteiger partial charge in [0, 0.05) is 24.5 Å². The Balaban J connectivity index is 2.05. The molecular weight excluding hydrogens is 112 g/mol. The minimum absolute atomic E-state index is 0.750. The van der Waals surface area contributed by atoms with Crippen LogP contribution in [0.4, 0.5) is 0 Å². The second-order valence-corrected chi connectivity index (χ2v) is 3.84. The van der Waals surface area contributed by atoms with Gasteiger partial charge >= 0.3 is 0 Å². The van der Waals surface area contributed by atoms with Gasteiger partial charge in [0.15, 0.2) is 0 Å². The van der Waals surface area contributed by atoms with Crippen molar-refractivity contribution in [1.82, 2.24) is 10.4 Å². The largest absolute Gasteiger partial charge is 0.254 e. The first-order chi connectivity index (χ1) is 4.33. The highest BCUT2D eigenvalue weighted by Gasteiger charge is 2.68. The van der Waals surface area contributed by atoms with Crippen molar-refractivity contribution in [2.75, 3.05) is 13.1 Å². The first-order valence-electron chi connectivity index (χ1n) is 3.83. The average Bonchev–Trinajstić information content (AvgIpc) is 2.41. The quantitative estimate of drug-likeness (QED) is 0.497. The van der Waals surface area contributed by atoms with Crippen molar-refractivity contribution < 1.29 is 0 Å². The van der Waals surface area contributed by atoms with Gasteiger partial charge in [-0.2, -0.15) is 0 Å². The molecule has 0 amide bonds. The summed E-state index contributed by atoms with van der Waals surface area (Å²) in [4.78, 5) is 0. The van der Waals surface area contributed by atoms with Crippen molar-refractivity contribution in [3.05, 3.63) is 0 Å². The van der Waals surface area contributed by atoms with E-state index in [1.54, 1.807) is 0 Å². The van der Waals surface area contributed by atoms with Crippen LogP contribution in [0.5, 0.6) is 0 Å². The van der Waals surface area contributed by atoms with E-state index in [1.807, 2.05) is 0 Å². The molecule has 3 fully saturated rings. The number of rotatable bonds is 0. The maximum atomic E-state index is 3.41. The lowest BCUT2D eigenvalue weighted by molar-refractivity contribution is 0.164. The van der Waals surface area contributed by atoms with E-state index in [2.05, 4.69) is 17.4 Å². The number of hydrazine groups is 1. The topological polar surface area (TPSA) is 15.3 Å². The van der Waals surface area contributed by atoms with Gasteiger partial charge in [0.1, 0.15) is 0 Å². The maximum absolute atomic E-state index is 3.41. The molecule has 2 aliphatic heterocycles. The fraction of sp³-hybridized carbons (Fsp3) is 1.00. The van der Waals surface area contributed by atoms with E-state index in [0.29, 0.717) is 0 Å². The summed E-state index contributed by atoms with van der Waals surface area (Å²) in [6.07, 6.45) is 1.47. The van der Waals surface area contributed by atoms with Gasteiger partial charge in [-0.05, 0) is 12.3 Å². The summed E-state index contributed by atoms with van der Waals surface area (Å²) in [7, 11) is 0. The average molecular weight is 124 g/mol. The van der Waals surface area contributed by atoms with Gasteiger partial charge in [-0.15, -0.1) is 0 Å². The van der Waals surface area contributed by atoms with Crippen LogP contribution < -0.4 is 5.43 Å². The predicted octanol–water partition coefficient (Wildman–Crippen LogP) is 0.215. The van der Waals surface area contributed by atoms with E-state index in [9.17, 15) is 0 Å². The molecule has 2 saturated heterocycles. The van der Waals surface area contributed by atoms with Gasteiger partial charge in [0.25, 0.3) is 0 Å². The van der Waals surface area contributed by atoms with E-state index in [0.717, 1.165) is 17.4 Å². The van der Waals surface area contributed by atoms with E-state index in [4.69, 9.17) is 0 Å². The van der Waals surface area contributed by atoms with Gasteiger partial charge in [-0.1, -0.05) is 6.92 Å². The summed E-state index contributed by atoms with van der Waals surface area (Å²) in [5, 5.41) is 2.44. The zero-order chi connectivity index (χ0) is 6.06. The minimum Gasteiger partial charge on any atom is -0.254 e. The van der Waals surface area contributed by atoms with Crippen LogP contribution in [0.2, 0.25) is 0 Å². The molecule has 1 N–H and O–H groups in total. The van der Waals surface area contributed by atoms with Crippen LogP contribution in [-0.2, 0) is 0 Å². The maximum Gasteiger partial charge on any atom is 0.0322 e. The fourth-order valence-corrected chi connectivity index (χ4v) is 2.64. The molecule has 0 radical (unpaired) electrons. The Morgan fingerprint density at radius 1 is 1.67 bits per heavy atom. The summed E-state index contributed by atoms with van der Waals surface area (Å²) in [5.74, 6) is 0.962. The second kappa shape index (κ2) is 1.06. The molecule has 2 heterocycles. The van der Waals surface area contributed by atoms with Gasteiger partial charge in [0.2, 0.25) is 0 Å². The molecule has 4 atom stereocenters. The van der Waals surface area contributed by atoms with Crippen molar-refractivity contribution in [2.24, 2.45) is 11.3 Å². The van der Waals surface area contributed by atoms with E-state index in [1.165, 1.54) is 19.5 Å². The molecule has 0 spiro atoms. The Morgan fingerprint density at radius 3 is 2.78 bits per heavy atom. The predicted molar refractivity (Wildman–Crippen MR) is 34.7 cm³/mol. The fourth-order valence-electron chi connectivity index (χ4n) is 2.64. The van der Waals surface area contributed by atoms with Gasteiger partial charge in [0.05, 0.1) is 0 Å². The normalized spacial score (nSPS) is 68.3. The van der Waals surface area contributed by atoms with Crippen molar-refractivity contribution in [2.45, 2.75) is 19.4 Å². The molecule has 1 aliphatic carbocycles. The molecule has 1 saturated carbocycles. The van der Waals surface area contributed by atoms with Gasteiger partial charge in [-0.25, -0.2) is 5.01 Å². The van der Waals surface area contributed by atoms with Crippen LogP contribution in [0.15, 0.2) is 0 Å². The number of nitrogens with one attached hydrogen (secondary N) is 1. The lowest BCUT2D eigenvalue weighted by Gasteiger charge is -2.26. The van der Waals surface area contributed by atoms with Gasteiger partial charge < -0.3 is 0 Å². The molecule has 2 heteroatoms. The summed E-state index contributed by atoms with van der Waals surface area (Å²) in [6.45, 7) is 4.95. The summed E-state index contributed by atoms with van der Waals surface area (Å²) in [6, 6.07) is 0.937. The Morgan fingerprint density at radius 2 is 2.56 bits per heavy atom. The molecule has 50 valence electrons. The Bertz CT molecular complexity index is 164. The number of nitrogens with zero attached hydrogens (tertiary/aromatic N) is 1. The summed E-state index contributed by atoms with van der Waals surface area (Å²) < 4.78 is 0. The third-order valence-corrected chi connectivity index (χ3v) is 3.52. The smallest absolute Gasteiger partial charge is 0.0322 e. The van der Waals surface area contributed by atoms with Crippen molar-refractivity contribution in [3.8, 4) is 0 Å². The zero-order valence-corrected chi connectivity index (χ0v) is 5.72. The van der Waals surface area contributed by atoms with Crippen LogP contribution in [0.25, 0.3) is 0 Å². The Labute approximate surface area is 55.2 Å². The number of hydrogen-bond acceptors (Lipinski definition) is 2. The van der Waals surface area contributed by atoms with Crippen LogP contribution >= 0.6 is 0 Å². The Kier molecular flexibility index (Phi) is 0.552. The molecule has 2 nitrogen and oxygen atoms in total. The first kappa shape index (κ1) is 4.69. The first-order valence-corrected chi connectivity index (χ1v) is 3.83. The molecule has 0 aromatic heterocycles. The van der Waals surface area contributed by atoms with Crippen LogP contribution in [0, 0.1) is 11.3 Å². The molecular formula is C7H12N2. The highest BCUT2D eigenvalue weighted by Crippen LogP contribution is 2.62. The molecule has 2 bridgehead atoms. The van der Waals surface area contributed by atoms with Crippen LogP contribution in [0.1, 0.15) is 13.3 Å². The minimum atomic E-state index is 0.750. The number of hydrogen-bond donors (Lipinski definition) is 1. The molecule has 0 aromatic rings. The highest BCUT2D eigenvalue weighted by atomic mass is 15.6. The number of piperidine rings is 1. The van der Waals surface area contributed by atoms with Crippen molar-refractivity contribution in [3.63, 3.8) is 0 Å². The van der Waals surface area contributed by atoms with E-state index in [-0.39, 0.29) is 0 Å². The zero-order valence-electron chi connectivity index (χ0n) is 5.72. The van der Waals surface area contributed by atoms with Crippen molar-refractivity contribution >= 4 is 0 Å². The molecule has 0 aromatic carbocycles. The third-order valence-electron chi connectivity index (χ3n) is 3.52. The van der Waals surface area contributed by atoms with Gasteiger partial charge in [-0.3, -0.25) is 5.43 Å². The second-order valence-electron chi connectivity index (χ2n) is 3.84. The lowest BCUT2D eigenvalue weighted by atomic mass is 9.92. The standard InChI is InChI=1S/C7H12N2/c1-5-3-9-6-2-7(5,6)4-8-9/h5-6,8H,2-4H2,1H3/t5-,6?,7?/m1/s1. The highest BCUT2D eigenvalue weighted by molar-refractivity contribution is 5.20. The monoisotopic (exact) mass is 124 g/mol. The van der Waals surface area contributed by atoms with E-state index >= 15 is 0 Å². The molecule has 9 heavy (non-hydrogen) atoms. The Hall–Kier alpha value is -0.0800. The van der Waals surface area contributed by atoms with Crippen LogP contribution in [-0.4, -0.2) is 24.1 Å². The lowest BCUT2D eigenvalue weighted by Crippen LogP contribution is -2.42. The SMILES string of the molecule is C[C@@H]1CN2NCC13CC23. The summed E-state index contributed by atoms with van der Waals surface area (Å²) >= 11 is 0. The molecule has 3 unspecified atom stereocenters. The van der Waals surface area contributed by atoms with E-state index < -0.39 is 0 Å². The van der Waals surface area contributed by atoms with Crippen LogP contribution in [0.3, 0.4) is 0 Å².